The molecule has 1 aliphatic rings. The summed E-state index contributed by atoms with van der Waals surface area (Å²) in [4.78, 5) is 19.7. The second-order valence-electron chi connectivity index (χ2n) is 12.6. The molecule has 3 aromatic rings. The Hall–Kier alpha value is -3.59. The van der Waals surface area contributed by atoms with E-state index in [-0.39, 0.29) is 24.8 Å². The van der Waals surface area contributed by atoms with Crippen LogP contribution >= 0.6 is 0 Å². The number of aliphatic hydroxyl groups is 1. The van der Waals surface area contributed by atoms with Crippen LogP contribution in [0.4, 0.5) is 14.5 Å². The van der Waals surface area contributed by atoms with Gasteiger partial charge >= 0.3 is 0 Å². The first-order chi connectivity index (χ1) is 20.1. The van der Waals surface area contributed by atoms with E-state index in [4.69, 9.17) is 19.7 Å². The molecule has 2 aromatic heterocycles. The van der Waals surface area contributed by atoms with Crippen molar-refractivity contribution in [1.29, 1.82) is 0 Å². The SMILES string of the molecule is CC(C)(C)O.CCc1c(C)ncc(-c2cnc(OCCc3ccc(F)c(C)c3)c(F)c2)c1N1CCC(C)(C)CC1.O=CO. The Bertz CT molecular complexity index is 1340. The van der Waals surface area contributed by atoms with Crippen LogP contribution in [-0.2, 0) is 17.6 Å². The quantitative estimate of drug-likeness (QED) is 0.275. The van der Waals surface area contributed by atoms with Gasteiger partial charge in [0.2, 0.25) is 5.88 Å². The molecule has 7 nitrogen and oxygen atoms in total. The fraction of sp³-hybridized carbons (Fsp3) is 0.500. The summed E-state index contributed by atoms with van der Waals surface area (Å²) >= 11 is 0. The van der Waals surface area contributed by atoms with Crippen LogP contribution in [-0.4, -0.2) is 52.0 Å². The number of piperidine rings is 1. The lowest BCUT2D eigenvalue weighted by atomic mass is 9.82. The van der Waals surface area contributed by atoms with Gasteiger partial charge in [-0.1, -0.05) is 32.9 Å². The number of carboxylic acid groups (broad SMARTS) is 1. The number of halogens is 2. The van der Waals surface area contributed by atoms with Crippen LogP contribution in [0.3, 0.4) is 0 Å². The van der Waals surface area contributed by atoms with Crippen LogP contribution in [0.25, 0.3) is 11.1 Å². The van der Waals surface area contributed by atoms with E-state index in [1.807, 2.05) is 13.1 Å². The number of nitrogens with zero attached hydrogens (tertiary/aromatic N) is 3. The lowest BCUT2D eigenvalue weighted by Gasteiger charge is -2.40. The molecule has 9 heteroatoms. The van der Waals surface area contributed by atoms with Gasteiger partial charge in [0.15, 0.2) is 5.82 Å². The van der Waals surface area contributed by atoms with E-state index in [0.717, 1.165) is 54.9 Å². The maximum Gasteiger partial charge on any atom is 0.290 e. The highest BCUT2D eigenvalue weighted by molar-refractivity contribution is 5.81. The number of benzene rings is 1. The number of aryl methyl sites for hydroxylation is 2. The number of aromatic nitrogens is 2. The summed E-state index contributed by atoms with van der Waals surface area (Å²) in [7, 11) is 0. The highest BCUT2D eigenvalue weighted by atomic mass is 19.1. The van der Waals surface area contributed by atoms with Crippen LogP contribution in [0.2, 0.25) is 0 Å². The van der Waals surface area contributed by atoms with Crippen LogP contribution in [0.1, 0.15) is 76.8 Å². The summed E-state index contributed by atoms with van der Waals surface area (Å²) in [6, 6.07) is 6.44. The number of carbonyl (C=O) groups is 1. The number of hydrogen-bond acceptors (Lipinski definition) is 6. The first kappa shape index (κ1) is 35.6. The topological polar surface area (TPSA) is 95.8 Å². The first-order valence-electron chi connectivity index (χ1n) is 14.7. The molecule has 0 unspecified atom stereocenters. The van der Waals surface area contributed by atoms with Gasteiger partial charge in [0.1, 0.15) is 5.82 Å². The van der Waals surface area contributed by atoms with E-state index in [1.54, 1.807) is 46.0 Å². The van der Waals surface area contributed by atoms with Crippen molar-refractivity contribution in [2.45, 2.75) is 86.7 Å². The molecule has 236 valence electrons. The van der Waals surface area contributed by atoms with Gasteiger partial charge in [0.05, 0.1) is 17.9 Å². The van der Waals surface area contributed by atoms with E-state index in [2.05, 4.69) is 35.6 Å². The van der Waals surface area contributed by atoms with Gasteiger partial charge in [-0.05, 0) is 88.1 Å². The molecule has 1 fully saturated rings. The molecule has 4 rings (SSSR count). The third-order valence-corrected chi connectivity index (χ3v) is 7.12. The van der Waals surface area contributed by atoms with Crippen molar-refractivity contribution < 1.29 is 28.5 Å². The van der Waals surface area contributed by atoms with Gasteiger partial charge in [-0.3, -0.25) is 9.78 Å². The lowest BCUT2D eigenvalue weighted by Crippen LogP contribution is -2.38. The molecule has 43 heavy (non-hydrogen) atoms. The average Bonchev–Trinajstić information content (AvgIpc) is 2.91. The largest absolute Gasteiger partial charge is 0.483 e. The predicted molar refractivity (Wildman–Crippen MR) is 168 cm³/mol. The fourth-order valence-corrected chi connectivity index (χ4v) is 4.77. The van der Waals surface area contributed by atoms with Crippen molar-refractivity contribution >= 4 is 12.2 Å². The number of hydrogen-bond donors (Lipinski definition) is 2. The molecule has 1 saturated heterocycles. The maximum atomic E-state index is 15.0. The minimum absolute atomic E-state index is 0.0235. The Morgan fingerprint density at radius 2 is 1.65 bits per heavy atom. The minimum Gasteiger partial charge on any atom is -0.483 e. The fourth-order valence-electron chi connectivity index (χ4n) is 4.77. The molecule has 1 aromatic carbocycles. The summed E-state index contributed by atoms with van der Waals surface area (Å²) in [6.07, 6.45) is 7.15. The third kappa shape index (κ3) is 11.2. The van der Waals surface area contributed by atoms with E-state index in [9.17, 15) is 4.39 Å². The Morgan fingerprint density at radius 3 is 2.19 bits per heavy atom. The Labute approximate surface area is 255 Å². The molecular weight excluding hydrogens is 552 g/mol. The smallest absolute Gasteiger partial charge is 0.290 e. The van der Waals surface area contributed by atoms with E-state index in [0.29, 0.717) is 23.0 Å². The van der Waals surface area contributed by atoms with Crippen LogP contribution in [0.5, 0.6) is 5.88 Å². The molecule has 0 bridgehead atoms. The molecule has 0 atom stereocenters. The Morgan fingerprint density at radius 1 is 1.05 bits per heavy atom. The summed E-state index contributed by atoms with van der Waals surface area (Å²) in [5.74, 6) is -0.755. The number of ether oxygens (including phenoxy) is 1. The highest BCUT2D eigenvalue weighted by Gasteiger charge is 2.28. The summed E-state index contributed by atoms with van der Waals surface area (Å²) in [6.45, 7) is 17.7. The van der Waals surface area contributed by atoms with Crippen molar-refractivity contribution in [3.8, 4) is 17.0 Å². The monoisotopic (exact) mass is 599 g/mol. The number of rotatable bonds is 7. The van der Waals surface area contributed by atoms with Gasteiger partial charge in [-0.15, -0.1) is 0 Å². The summed E-state index contributed by atoms with van der Waals surface area (Å²) < 4.78 is 34.1. The second kappa shape index (κ2) is 15.8. The third-order valence-electron chi connectivity index (χ3n) is 7.12. The van der Waals surface area contributed by atoms with E-state index in [1.165, 1.54) is 17.7 Å². The van der Waals surface area contributed by atoms with E-state index < -0.39 is 11.4 Å². The zero-order valence-corrected chi connectivity index (χ0v) is 26.8. The van der Waals surface area contributed by atoms with Crippen LogP contribution in [0, 0.1) is 30.9 Å². The maximum absolute atomic E-state index is 15.0. The number of pyridine rings is 2. The van der Waals surface area contributed by atoms with Crippen molar-refractivity contribution in [3.05, 3.63) is 70.7 Å². The van der Waals surface area contributed by atoms with Crippen molar-refractivity contribution in [2.24, 2.45) is 5.41 Å². The van der Waals surface area contributed by atoms with Crippen LogP contribution < -0.4 is 9.64 Å². The Kier molecular flexibility index (Phi) is 13.0. The van der Waals surface area contributed by atoms with Crippen molar-refractivity contribution in [3.63, 3.8) is 0 Å². The molecule has 1 aliphatic heterocycles. The first-order valence-corrected chi connectivity index (χ1v) is 14.7. The highest BCUT2D eigenvalue weighted by Crippen LogP contribution is 2.40. The molecule has 0 saturated carbocycles. The van der Waals surface area contributed by atoms with Crippen molar-refractivity contribution in [2.75, 3.05) is 24.6 Å². The average molecular weight is 600 g/mol. The van der Waals surface area contributed by atoms with Gasteiger partial charge in [-0.2, -0.15) is 0 Å². The molecule has 2 N–H and O–H groups in total. The molecule has 0 spiro atoms. The second-order valence-corrected chi connectivity index (χ2v) is 12.6. The van der Waals surface area contributed by atoms with Crippen LogP contribution in [0.15, 0.2) is 36.7 Å². The minimum atomic E-state index is -0.500. The van der Waals surface area contributed by atoms with Crippen molar-refractivity contribution in [1.82, 2.24) is 9.97 Å². The van der Waals surface area contributed by atoms with Gasteiger partial charge in [0.25, 0.3) is 6.47 Å². The normalized spacial score (nSPS) is 14.2. The number of anilines is 1. The molecule has 0 aliphatic carbocycles. The standard InChI is InChI=1S/C29H35F2N3O.C4H10O.CH2O2/c1-6-23-20(3)32-18-24(27(23)34-12-10-29(4,5)11-13-34)22-16-26(31)28(33-17-22)35-14-9-21-7-8-25(30)19(2)15-21;1-4(2,3)5;2-1-3/h7-8,15-18H,6,9-14H2,1-5H3;5H,1-3H3;1H,(H,2,3). The zero-order valence-electron chi connectivity index (χ0n) is 26.8. The molecule has 3 heterocycles. The van der Waals surface area contributed by atoms with Gasteiger partial charge in [0, 0.05) is 48.7 Å². The van der Waals surface area contributed by atoms with Gasteiger partial charge in [-0.25, -0.2) is 13.8 Å². The molecule has 0 radical (unpaired) electrons. The van der Waals surface area contributed by atoms with Gasteiger partial charge < -0.3 is 19.8 Å². The predicted octanol–water partition coefficient (Wildman–Crippen LogP) is 7.33. The zero-order chi connectivity index (χ0) is 32.4. The Balaban J connectivity index is 0.000000719. The van der Waals surface area contributed by atoms with E-state index >= 15 is 4.39 Å². The summed E-state index contributed by atoms with van der Waals surface area (Å²) in [5, 5.41) is 15.4. The molecular formula is C34H47F2N3O4. The molecule has 0 amide bonds. The lowest BCUT2D eigenvalue weighted by molar-refractivity contribution is -0.122. The summed E-state index contributed by atoms with van der Waals surface area (Å²) in [5.41, 5.74) is 6.34.